The minimum absolute atomic E-state index is 0.257. The molecule has 0 saturated carbocycles. The van der Waals surface area contributed by atoms with Crippen LogP contribution in [0.25, 0.3) is 0 Å². The fourth-order valence-corrected chi connectivity index (χ4v) is 1.77. The molecule has 0 bridgehead atoms. The quantitative estimate of drug-likeness (QED) is 0.616. The van der Waals surface area contributed by atoms with Crippen molar-refractivity contribution in [2.75, 3.05) is 19.8 Å². The molecule has 2 N–H and O–H groups in total. The van der Waals surface area contributed by atoms with Gasteiger partial charge < -0.3 is 19.9 Å². The maximum atomic E-state index is 9.79. The molecular weight excluding hydrogens is 266 g/mol. The molecule has 1 atom stereocenters. The van der Waals surface area contributed by atoms with E-state index in [1.807, 2.05) is 18.2 Å². The normalized spacial score (nSPS) is 12.6. The van der Waals surface area contributed by atoms with Gasteiger partial charge in [-0.2, -0.15) is 0 Å². The molecule has 4 heteroatoms. The zero-order valence-electron chi connectivity index (χ0n) is 13.5. The smallest absolute Gasteiger partial charge is 0.119 e. The molecule has 1 aromatic carbocycles. The van der Waals surface area contributed by atoms with E-state index in [-0.39, 0.29) is 6.61 Å². The van der Waals surface area contributed by atoms with E-state index in [1.165, 1.54) is 5.56 Å². The fourth-order valence-electron chi connectivity index (χ4n) is 1.77. The molecule has 0 aliphatic heterocycles. The van der Waals surface area contributed by atoms with E-state index in [4.69, 9.17) is 9.47 Å². The summed E-state index contributed by atoms with van der Waals surface area (Å²) >= 11 is 0. The van der Waals surface area contributed by atoms with Gasteiger partial charge in [-0.25, -0.2) is 0 Å². The van der Waals surface area contributed by atoms with E-state index >= 15 is 0 Å². The third-order valence-corrected chi connectivity index (χ3v) is 3.01. The van der Waals surface area contributed by atoms with E-state index < -0.39 is 6.10 Å². The Morgan fingerprint density at radius 2 is 2.05 bits per heavy atom. The molecular formula is C17H29NO3. The molecule has 21 heavy (non-hydrogen) atoms. The van der Waals surface area contributed by atoms with Crippen LogP contribution in [0, 0.1) is 0 Å². The highest BCUT2D eigenvalue weighted by molar-refractivity contribution is 5.28. The first-order chi connectivity index (χ1) is 10.1. The summed E-state index contributed by atoms with van der Waals surface area (Å²) in [5.41, 5.74) is 1.18. The van der Waals surface area contributed by atoms with Crippen molar-refractivity contribution in [2.24, 2.45) is 0 Å². The SMILES string of the molecule is CCCCOCC(O)COc1cccc(CNC(C)C)c1. The lowest BCUT2D eigenvalue weighted by Crippen LogP contribution is -2.24. The summed E-state index contributed by atoms with van der Waals surface area (Å²) in [6, 6.07) is 8.39. The Kier molecular flexibility index (Phi) is 9.06. The predicted octanol–water partition coefficient (Wildman–Crippen LogP) is 2.74. The first kappa shape index (κ1) is 18.0. The number of aliphatic hydroxyl groups is 1. The van der Waals surface area contributed by atoms with Gasteiger partial charge in [-0.3, -0.25) is 0 Å². The van der Waals surface area contributed by atoms with Crippen LogP contribution in [0.3, 0.4) is 0 Å². The molecule has 0 fully saturated rings. The Morgan fingerprint density at radius 3 is 2.76 bits per heavy atom. The lowest BCUT2D eigenvalue weighted by Gasteiger charge is -2.14. The van der Waals surface area contributed by atoms with Crippen molar-refractivity contribution in [2.45, 2.75) is 52.3 Å². The van der Waals surface area contributed by atoms with Gasteiger partial charge in [0.2, 0.25) is 0 Å². The number of hydrogen-bond donors (Lipinski definition) is 2. The molecule has 0 heterocycles. The fraction of sp³-hybridized carbons (Fsp3) is 0.647. The number of aliphatic hydroxyl groups excluding tert-OH is 1. The number of hydrogen-bond acceptors (Lipinski definition) is 4. The second kappa shape index (κ2) is 10.6. The van der Waals surface area contributed by atoms with Gasteiger partial charge in [-0.1, -0.05) is 39.3 Å². The molecule has 120 valence electrons. The Labute approximate surface area is 128 Å². The van der Waals surface area contributed by atoms with E-state index in [0.29, 0.717) is 19.3 Å². The summed E-state index contributed by atoms with van der Waals surface area (Å²) in [6.45, 7) is 8.46. The van der Waals surface area contributed by atoms with Crippen molar-refractivity contribution in [3.8, 4) is 5.75 Å². The summed E-state index contributed by atoms with van der Waals surface area (Å²) in [7, 11) is 0. The van der Waals surface area contributed by atoms with Gasteiger partial charge in [0.1, 0.15) is 18.5 Å². The van der Waals surface area contributed by atoms with Crippen LogP contribution in [0.1, 0.15) is 39.2 Å². The van der Waals surface area contributed by atoms with Crippen LogP contribution in [-0.4, -0.2) is 37.1 Å². The zero-order valence-corrected chi connectivity index (χ0v) is 13.5. The summed E-state index contributed by atoms with van der Waals surface area (Å²) < 4.78 is 11.0. The van der Waals surface area contributed by atoms with Gasteiger partial charge in [0, 0.05) is 19.2 Å². The van der Waals surface area contributed by atoms with Gasteiger partial charge in [0.15, 0.2) is 0 Å². The van der Waals surface area contributed by atoms with Crippen LogP contribution in [0.5, 0.6) is 5.75 Å². The van der Waals surface area contributed by atoms with Gasteiger partial charge in [0.25, 0.3) is 0 Å². The highest BCUT2D eigenvalue weighted by atomic mass is 16.5. The maximum Gasteiger partial charge on any atom is 0.119 e. The Morgan fingerprint density at radius 1 is 1.24 bits per heavy atom. The van der Waals surface area contributed by atoms with Crippen LogP contribution in [0.15, 0.2) is 24.3 Å². The number of benzene rings is 1. The topological polar surface area (TPSA) is 50.7 Å². The number of rotatable bonds is 11. The molecule has 4 nitrogen and oxygen atoms in total. The van der Waals surface area contributed by atoms with Crippen molar-refractivity contribution >= 4 is 0 Å². The van der Waals surface area contributed by atoms with E-state index in [1.54, 1.807) is 0 Å². The highest BCUT2D eigenvalue weighted by Gasteiger charge is 2.06. The monoisotopic (exact) mass is 295 g/mol. The van der Waals surface area contributed by atoms with Crippen molar-refractivity contribution in [1.82, 2.24) is 5.32 Å². The van der Waals surface area contributed by atoms with Gasteiger partial charge >= 0.3 is 0 Å². The second-order valence-corrected chi connectivity index (χ2v) is 5.58. The van der Waals surface area contributed by atoms with Gasteiger partial charge in [0.05, 0.1) is 6.61 Å². The van der Waals surface area contributed by atoms with Crippen LogP contribution in [0.4, 0.5) is 0 Å². The van der Waals surface area contributed by atoms with E-state index in [0.717, 1.165) is 25.1 Å². The first-order valence-corrected chi connectivity index (χ1v) is 7.82. The van der Waals surface area contributed by atoms with Gasteiger partial charge in [-0.05, 0) is 24.1 Å². The van der Waals surface area contributed by atoms with Crippen LogP contribution in [0.2, 0.25) is 0 Å². The summed E-state index contributed by atoms with van der Waals surface area (Å²) in [4.78, 5) is 0. The molecule has 0 saturated heterocycles. The Balaban J connectivity index is 2.29. The zero-order chi connectivity index (χ0) is 15.5. The second-order valence-electron chi connectivity index (χ2n) is 5.58. The molecule has 0 amide bonds. The van der Waals surface area contributed by atoms with Crippen molar-refractivity contribution in [3.05, 3.63) is 29.8 Å². The van der Waals surface area contributed by atoms with Crippen LogP contribution in [-0.2, 0) is 11.3 Å². The maximum absolute atomic E-state index is 9.79. The molecule has 0 aromatic heterocycles. The molecule has 1 rings (SSSR count). The lowest BCUT2D eigenvalue weighted by atomic mass is 10.2. The van der Waals surface area contributed by atoms with Crippen LogP contribution < -0.4 is 10.1 Å². The number of ether oxygens (including phenoxy) is 2. The Bertz CT molecular complexity index is 382. The standard InChI is InChI=1S/C17H29NO3/c1-4-5-9-20-12-16(19)13-21-17-8-6-7-15(10-17)11-18-14(2)3/h6-8,10,14,16,18-19H,4-5,9,11-13H2,1-3H3. The minimum Gasteiger partial charge on any atom is -0.491 e. The van der Waals surface area contributed by atoms with E-state index in [9.17, 15) is 5.11 Å². The first-order valence-electron chi connectivity index (χ1n) is 7.82. The molecule has 0 aliphatic rings. The third-order valence-electron chi connectivity index (χ3n) is 3.01. The summed E-state index contributed by atoms with van der Waals surface area (Å²) in [5, 5.41) is 13.2. The van der Waals surface area contributed by atoms with Crippen molar-refractivity contribution in [3.63, 3.8) is 0 Å². The Hall–Kier alpha value is -1.10. The molecule has 0 radical (unpaired) electrons. The molecule has 1 aromatic rings. The van der Waals surface area contributed by atoms with E-state index in [2.05, 4.69) is 32.2 Å². The van der Waals surface area contributed by atoms with Gasteiger partial charge in [-0.15, -0.1) is 0 Å². The third kappa shape index (κ3) is 8.71. The molecule has 0 spiro atoms. The minimum atomic E-state index is -0.584. The summed E-state index contributed by atoms with van der Waals surface area (Å²) in [5.74, 6) is 0.783. The summed E-state index contributed by atoms with van der Waals surface area (Å²) in [6.07, 6.45) is 1.54. The number of nitrogens with one attached hydrogen (secondary N) is 1. The molecule has 1 unspecified atom stereocenters. The lowest BCUT2D eigenvalue weighted by molar-refractivity contribution is 0.0113. The molecule has 0 aliphatic carbocycles. The van der Waals surface area contributed by atoms with Crippen LogP contribution >= 0.6 is 0 Å². The van der Waals surface area contributed by atoms with Crippen molar-refractivity contribution in [1.29, 1.82) is 0 Å². The highest BCUT2D eigenvalue weighted by Crippen LogP contribution is 2.13. The average Bonchev–Trinajstić information content (AvgIpc) is 2.48. The predicted molar refractivity (Wildman–Crippen MR) is 85.6 cm³/mol. The van der Waals surface area contributed by atoms with Crippen molar-refractivity contribution < 1.29 is 14.6 Å². The number of unbranched alkanes of at least 4 members (excludes halogenated alkanes) is 1. The average molecular weight is 295 g/mol. The largest absolute Gasteiger partial charge is 0.491 e.